The summed E-state index contributed by atoms with van der Waals surface area (Å²) in [5.74, 6) is 0.730. The lowest BCUT2D eigenvalue weighted by atomic mass is 10.1. The molecule has 0 N–H and O–H groups in total. The van der Waals surface area contributed by atoms with Gasteiger partial charge in [0.1, 0.15) is 0 Å². The van der Waals surface area contributed by atoms with Gasteiger partial charge in [-0.25, -0.2) is 4.79 Å². The fourth-order valence-electron chi connectivity index (χ4n) is 1.76. The third kappa shape index (κ3) is 4.20. The average molecular weight is 214 g/mol. The molecule has 0 aliphatic heterocycles. The lowest BCUT2D eigenvalue weighted by Gasteiger charge is -2.17. The Balaban J connectivity index is 2.28. The Bertz CT molecular complexity index is 199. The van der Waals surface area contributed by atoms with Gasteiger partial charge in [-0.15, -0.1) is 0 Å². The molecule has 3 heteroatoms. The minimum atomic E-state index is -0.311. The highest BCUT2D eigenvalue weighted by atomic mass is 16.6. The van der Waals surface area contributed by atoms with Crippen molar-refractivity contribution in [1.82, 2.24) is 0 Å². The van der Waals surface area contributed by atoms with Crippen LogP contribution in [0, 0.1) is 11.8 Å². The number of carbonyl (C=O) groups excluding carboxylic acids is 1. The molecule has 0 aromatic carbocycles. The molecule has 1 aliphatic carbocycles. The Hall–Kier alpha value is -0.570. The van der Waals surface area contributed by atoms with Crippen LogP contribution >= 0.6 is 0 Å². The second-order valence-corrected chi connectivity index (χ2v) is 4.51. The first-order valence-corrected chi connectivity index (χ1v) is 5.88. The summed E-state index contributed by atoms with van der Waals surface area (Å²) in [5, 5.41) is 0. The van der Waals surface area contributed by atoms with Crippen LogP contribution < -0.4 is 0 Å². The van der Waals surface area contributed by atoms with Crippen molar-refractivity contribution in [3.05, 3.63) is 0 Å². The van der Waals surface area contributed by atoms with E-state index in [1.54, 1.807) is 0 Å². The molecule has 3 nitrogen and oxygen atoms in total. The fourth-order valence-corrected chi connectivity index (χ4v) is 1.76. The van der Waals surface area contributed by atoms with Gasteiger partial charge in [-0.2, -0.15) is 0 Å². The molecule has 2 unspecified atom stereocenters. The lowest BCUT2D eigenvalue weighted by molar-refractivity contribution is -0.156. The van der Waals surface area contributed by atoms with E-state index in [0.29, 0.717) is 18.4 Å². The van der Waals surface area contributed by atoms with E-state index in [4.69, 9.17) is 9.47 Å². The topological polar surface area (TPSA) is 35.5 Å². The van der Waals surface area contributed by atoms with Crippen molar-refractivity contribution in [3.63, 3.8) is 0 Å². The molecule has 15 heavy (non-hydrogen) atoms. The molecule has 0 radical (unpaired) electrons. The van der Waals surface area contributed by atoms with Gasteiger partial charge in [-0.3, -0.25) is 0 Å². The van der Waals surface area contributed by atoms with Crippen molar-refractivity contribution in [3.8, 4) is 0 Å². The lowest BCUT2D eigenvalue weighted by Crippen LogP contribution is -2.29. The SMILES string of the molecule is CCCC(C)COC(C(=O)OC)C1CC1. The van der Waals surface area contributed by atoms with Crippen LogP contribution in [0.25, 0.3) is 0 Å². The zero-order chi connectivity index (χ0) is 11.3. The van der Waals surface area contributed by atoms with E-state index in [1.807, 2.05) is 0 Å². The van der Waals surface area contributed by atoms with Crippen LogP contribution in [0.5, 0.6) is 0 Å². The van der Waals surface area contributed by atoms with E-state index in [0.717, 1.165) is 25.7 Å². The Labute approximate surface area is 92.1 Å². The van der Waals surface area contributed by atoms with Crippen LogP contribution in [0.4, 0.5) is 0 Å². The molecule has 0 aromatic rings. The number of hydrogen-bond donors (Lipinski definition) is 0. The van der Waals surface area contributed by atoms with Crippen LogP contribution in [0.2, 0.25) is 0 Å². The molecule has 0 saturated heterocycles. The van der Waals surface area contributed by atoms with E-state index in [1.165, 1.54) is 7.11 Å². The molecular formula is C12H22O3. The predicted octanol–water partition coefficient (Wildman–Crippen LogP) is 2.39. The smallest absolute Gasteiger partial charge is 0.335 e. The summed E-state index contributed by atoms with van der Waals surface area (Å²) < 4.78 is 10.4. The number of carbonyl (C=O) groups is 1. The Morgan fingerprint density at radius 3 is 2.60 bits per heavy atom. The van der Waals surface area contributed by atoms with E-state index in [2.05, 4.69) is 13.8 Å². The Morgan fingerprint density at radius 1 is 1.47 bits per heavy atom. The summed E-state index contributed by atoms with van der Waals surface area (Å²) in [6.45, 7) is 4.99. The number of hydrogen-bond acceptors (Lipinski definition) is 3. The largest absolute Gasteiger partial charge is 0.467 e. The first kappa shape index (κ1) is 12.5. The average Bonchev–Trinajstić information content (AvgIpc) is 3.02. The molecule has 1 saturated carbocycles. The predicted molar refractivity (Wildman–Crippen MR) is 58.6 cm³/mol. The quantitative estimate of drug-likeness (QED) is 0.610. The van der Waals surface area contributed by atoms with Crippen molar-refractivity contribution in [2.45, 2.75) is 45.6 Å². The molecule has 1 aliphatic rings. The molecule has 0 amide bonds. The highest BCUT2D eigenvalue weighted by Crippen LogP contribution is 2.35. The van der Waals surface area contributed by atoms with Crippen molar-refractivity contribution < 1.29 is 14.3 Å². The molecule has 2 atom stereocenters. The van der Waals surface area contributed by atoms with Crippen LogP contribution in [0.1, 0.15) is 39.5 Å². The maximum atomic E-state index is 11.4. The maximum Gasteiger partial charge on any atom is 0.335 e. The molecule has 88 valence electrons. The van der Waals surface area contributed by atoms with Crippen molar-refractivity contribution in [2.75, 3.05) is 13.7 Å². The van der Waals surface area contributed by atoms with Crippen molar-refractivity contribution >= 4 is 5.97 Å². The third-order valence-electron chi connectivity index (χ3n) is 2.83. The van der Waals surface area contributed by atoms with E-state index < -0.39 is 0 Å². The van der Waals surface area contributed by atoms with Crippen LogP contribution in [0.3, 0.4) is 0 Å². The van der Waals surface area contributed by atoms with Gasteiger partial charge >= 0.3 is 5.97 Å². The van der Waals surface area contributed by atoms with Gasteiger partial charge in [-0.05, 0) is 31.1 Å². The minimum absolute atomic E-state index is 0.207. The minimum Gasteiger partial charge on any atom is -0.467 e. The number of esters is 1. The van der Waals surface area contributed by atoms with Crippen LogP contribution in [-0.2, 0) is 14.3 Å². The normalized spacial score (nSPS) is 19.7. The molecule has 1 fully saturated rings. The first-order valence-electron chi connectivity index (χ1n) is 5.88. The zero-order valence-electron chi connectivity index (χ0n) is 9.99. The monoisotopic (exact) mass is 214 g/mol. The summed E-state index contributed by atoms with van der Waals surface area (Å²) in [6.07, 6.45) is 4.20. The zero-order valence-corrected chi connectivity index (χ0v) is 9.99. The Morgan fingerprint density at radius 2 is 2.13 bits per heavy atom. The van der Waals surface area contributed by atoms with Gasteiger partial charge in [0, 0.05) is 0 Å². The van der Waals surface area contributed by atoms with Gasteiger partial charge in [0.05, 0.1) is 13.7 Å². The van der Waals surface area contributed by atoms with Crippen LogP contribution in [0.15, 0.2) is 0 Å². The molecular weight excluding hydrogens is 192 g/mol. The maximum absolute atomic E-state index is 11.4. The second kappa shape index (κ2) is 6.11. The summed E-state index contributed by atoms with van der Waals surface area (Å²) in [7, 11) is 1.43. The fraction of sp³-hybridized carbons (Fsp3) is 0.917. The van der Waals surface area contributed by atoms with Gasteiger partial charge in [0.2, 0.25) is 0 Å². The Kier molecular flexibility index (Phi) is 5.09. The summed E-state index contributed by atoms with van der Waals surface area (Å²) in [6, 6.07) is 0. The molecule has 0 bridgehead atoms. The highest BCUT2D eigenvalue weighted by Gasteiger charge is 2.37. The van der Waals surface area contributed by atoms with Gasteiger partial charge in [-0.1, -0.05) is 20.3 Å². The standard InChI is InChI=1S/C12H22O3/c1-4-5-9(2)8-15-11(10-6-7-10)12(13)14-3/h9-11H,4-8H2,1-3H3. The van der Waals surface area contributed by atoms with E-state index in [-0.39, 0.29) is 12.1 Å². The third-order valence-corrected chi connectivity index (χ3v) is 2.83. The number of rotatable bonds is 7. The molecule has 0 heterocycles. The highest BCUT2D eigenvalue weighted by molar-refractivity contribution is 5.75. The number of ether oxygens (including phenoxy) is 2. The molecule has 0 spiro atoms. The molecule has 0 aromatic heterocycles. The van der Waals surface area contributed by atoms with Crippen molar-refractivity contribution in [1.29, 1.82) is 0 Å². The van der Waals surface area contributed by atoms with Crippen LogP contribution in [-0.4, -0.2) is 25.8 Å². The van der Waals surface area contributed by atoms with Gasteiger partial charge in [0.15, 0.2) is 6.10 Å². The summed E-state index contributed by atoms with van der Waals surface area (Å²) in [4.78, 5) is 11.4. The first-order chi connectivity index (χ1) is 7.19. The van der Waals surface area contributed by atoms with Gasteiger partial charge < -0.3 is 9.47 Å². The van der Waals surface area contributed by atoms with E-state index >= 15 is 0 Å². The summed E-state index contributed by atoms with van der Waals surface area (Å²) >= 11 is 0. The summed E-state index contributed by atoms with van der Waals surface area (Å²) in [5.41, 5.74) is 0. The number of methoxy groups -OCH3 is 1. The molecule has 1 rings (SSSR count). The van der Waals surface area contributed by atoms with Gasteiger partial charge in [0.25, 0.3) is 0 Å². The second-order valence-electron chi connectivity index (χ2n) is 4.51. The van der Waals surface area contributed by atoms with Crippen molar-refractivity contribution in [2.24, 2.45) is 11.8 Å². The van der Waals surface area contributed by atoms with E-state index in [9.17, 15) is 4.79 Å².